The van der Waals surface area contributed by atoms with Gasteiger partial charge in [0.15, 0.2) is 0 Å². The SMILES string of the molecule is COc1ccc(CN2CCCCC2C(C)=O)c(F)c1. The Morgan fingerprint density at radius 3 is 2.89 bits per heavy atom. The molecule has 1 atom stereocenters. The third kappa shape index (κ3) is 3.32. The molecule has 1 saturated heterocycles. The minimum absolute atomic E-state index is 0.0600. The number of nitrogens with zero attached hydrogens (tertiary/aromatic N) is 1. The summed E-state index contributed by atoms with van der Waals surface area (Å²) < 4.78 is 18.9. The second kappa shape index (κ2) is 6.15. The maximum absolute atomic E-state index is 13.9. The van der Waals surface area contributed by atoms with Crippen molar-refractivity contribution >= 4 is 5.78 Å². The van der Waals surface area contributed by atoms with Crippen LogP contribution in [0.2, 0.25) is 0 Å². The number of Topliss-reactive ketones (excluding diaryl/α,β-unsaturated/α-hetero) is 1. The van der Waals surface area contributed by atoms with E-state index in [2.05, 4.69) is 4.90 Å². The van der Waals surface area contributed by atoms with Crippen LogP contribution >= 0.6 is 0 Å². The van der Waals surface area contributed by atoms with Crippen LogP contribution in [0, 0.1) is 5.82 Å². The van der Waals surface area contributed by atoms with Crippen molar-refractivity contribution in [3.8, 4) is 5.75 Å². The van der Waals surface area contributed by atoms with Gasteiger partial charge in [0.25, 0.3) is 0 Å². The first-order valence-corrected chi connectivity index (χ1v) is 6.68. The number of carbonyl (C=O) groups excluding carboxylic acids is 1. The number of halogens is 1. The third-order valence-electron chi connectivity index (χ3n) is 3.72. The van der Waals surface area contributed by atoms with E-state index >= 15 is 0 Å². The molecule has 0 N–H and O–H groups in total. The Morgan fingerprint density at radius 2 is 2.26 bits per heavy atom. The number of benzene rings is 1. The Kier molecular flexibility index (Phi) is 4.53. The molecule has 1 fully saturated rings. The molecule has 1 unspecified atom stereocenters. The van der Waals surface area contributed by atoms with Crippen LogP contribution in [0.15, 0.2) is 18.2 Å². The molecule has 1 aliphatic rings. The van der Waals surface area contributed by atoms with Crippen LogP contribution in [0.3, 0.4) is 0 Å². The Hall–Kier alpha value is -1.42. The van der Waals surface area contributed by atoms with E-state index in [1.54, 1.807) is 19.1 Å². The Bertz CT molecular complexity index is 461. The molecule has 0 bridgehead atoms. The topological polar surface area (TPSA) is 29.5 Å². The number of ketones is 1. The van der Waals surface area contributed by atoms with Gasteiger partial charge in [0, 0.05) is 18.2 Å². The van der Waals surface area contributed by atoms with Crippen molar-refractivity contribution in [2.45, 2.75) is 38.8 Å². The molecule has 1 heterocycles. The van der Waals surface area contributed by atoms with E-state index in [-0.39, 0.29) is 17.6 Å². The summed E-state index contributed by atoms with van der Waals surface area (Å²) in [5, 5.41) is 0. The van der Waals surface area contributed by atoms with Gasteiger partial charge in [-0.3, -0.25) is 9.69 Å². The molecule has 1 aliphatic heterocycles. The van der Waals surface area contributed by atoms with Gasteiger partial charge in [-0.1, -0.05) is 12.5 Å². The molecule has 4 heteroatoms. The average molecular weight is 265 g/mol. The number of rotatable bonds is 4. The lowest BCUT2D eigenvalue weighted by molar-refractivity contribution is -0.123. The van der Waals surface area contributed by atoms with E-state index in [0.717, 1.165) is 25.8 Å². The summed E-state index contributed by atoms with van der Waals surface area (Å²) in [6, 6.07) is 4.82. The molecule has 1 aromatic rings. The second-order valence-electron chi connectivity index (χ2n) is 5.05. The van der Waals surface area contributed by atoms with Crippen LogP contribution in [0.4, 0.5) is 4.39 Å². The van der Waals surface area contributed by atoms with E-state index < -0.39 is 0 Å². The number of ether oxygens (including phenoxy) is 1. The molecular formula is C15H20FNO2. The molecular weight excluding hydrogens is 245 g/mol. The zero-order valence-electron chi connectivity index (χ0n) is 11.5. The van der Waals surface area contributed by atoms with Gasteiger partial charge in [0.2, 0.25) is 0 Å². The van der Waals surface area contributed by atoms with E-state index in [0.29, 0.717) is 17.9 Å². The maximum atomic E-state index is 13.9. The first kappa shape index (κ1) is 14.0. The molecule has 0 aliphatic carbocycles. The van der Waals surface area contributed by atoms with Crippen LogP contribution in [0.1, 0.15) is 31.7 Å². The lowest BCUT2D eigenvalue weighted by Gasteiger charge is -2.34. The van der Waals surface area contributed by atoms with Crippen LogP contribution in [0.5, 0.6) is 5.75 Å². The third-order valence-corrected chi connectivity index (χ3v) is 3.72. The van der Waals surface area contributed by atoms with Crippen molar-refractivity contribution in [2.75, 3.05) is 13.7 Å². The monoisotopic (exact) mass is 265 g/mol. The fraction of sp³-hybridized carbons (Fsp3) is 0.533. The van der Waals surface area contributed by atoms with Crippen molar-refractivity contribution < 1.29 is 13.9 Å². The largest absolute Gasteiger partial charge is 0.497 e. The smallest absolute Gasteiger partial charge is 0.146 e. The molecule has 0 radical (unpaired) electrons. The summed E-state index contributed by atoms with van der Waals surface area (Å²) in [6.45, 7) is 2.96. The summed E-state index contributed by atoms with van der Waals surface area (Å²) in [6.07, 6.45) is 3.03. The predicted molar refractivity (Wildman–Crippen MR) is 71.7 cm³/mol. The number of methoxy groups -OCH3 is 1. The highest BCUT2D eigenvalue weighted by Crippen LogP contribution is 2.23. The summed E-state index contributed by atoms with van der Waals surface area (Å²) in [5.74, 6) is 0.420. The van der Waals surface area contributed by atoms with Gasteiger partial charge < -0.3 is 4.74 Å². The Balaban J connectivity index is 2.12. The van der Waals surface area contributed by atoms with Crippen LogP contribution in [-0.2, 0) is 11.3 Å². The molecule has 104 valence electrons. The number of carbonyl (C=O) groups is 1. The summed E-state index contributed by atoms with van der Waals surface area (Å²) in [7, 11) is 1.52. The van der Waals surface area contributed by atoms with Crippen LogP contribution < -0.4 is 4.74 Å². The van der Waals surface area contributed by atoms with E-state index in [1.165, 1.54) is 13.2 Å². The highest BCUT2D eigenvalue weighted by atomic mass is 19.1. The molecule has 3 nitrogen and oxygen atoms in total. The van der Waals surface area contributed by atoms with E-state index in [9.17, 15) is 9.18 Å². The number of piperidine rings is 1. The fourth-order valence-electron chi connectivity index (χ4n) is 2.64. The Labute approximate surface area is 113 Å². The lowest BCUT2D eigenvalue weighted by Crippen LogP contribution is -2.43. The first-order valence-electron chi connectivity index (χ1n) is 6.68. The van der Waals surface area contributed by atoms with Gasteiger partial charge in [-0.15, -0.1) is 0 Å². The fourth-order valence-corrected chi connectivity index (χ4v) is 2.64. The molecule has 0 amide bonds. The van der Waals surface area contributed by atoms with Crippen LogP contribution in [0.25, 0.3) is 0 Å². The molecule has 2 rings (SSSR count). The quantitative estimate of drug-likeness (QED) is 0.838. The van der Waals surface area contributed by atoms with E-state index in [4.69, 9.17) is 4.74 Å². The van der Waals surface area contributed by atoms with Gasteiger partial charge in [0.1, 0.15) is 17.3 Å². The molecule has 0 spiro atoms. The average Bonchev–Trinajstić information content (AvgIpc) is 2.41. The molecule has 19 heavy (non-hydrogen) atoms. The minimum atomic E-state index is -0.271. The van der Waals surface area contributed by atoms with E-state index in [1.807, 2.05) is 0 Å². The molecule has 1 aromatic carbocycles. The zero-order valence-corrected chi connectivity index (χ0v) is 11.5. The number of hydrogen-bond acceptors (Lipinski definition) is 3. The number of hydrogen-bond donors (Lipinski definition) is 0. The zero-order chi connectivity index (χ0) is 13.8. The van der Waals surface area contributed by atoms with Crippen molar-refractivity contribution in [3.05, 3.63) is 29.6 Å². The van der Waals surface area contributed by atoms with Crippen LogP contribution in [-0.4, -0.2) is 30.4 Å². The lowest BCUT2D eigenvalue weighted by atomic mass is 9.98. The van der Waals surface area contributed by atoms with Crippen molar-refractivity contribution in [2.24, 2.45) is 0 Å². The van der Waals surface area contributed by atoms with Gasteiger partial charge in [-0.2, -0.15) is 0 Å². The van der Waals surface area contributed by atoms with Crippen molar-refractivity contribution in [1.29, 1.82) is 0 Å². The highest BCUT2D eigenvalue weighted by molar-refractivity contribution is 5.81. The summed E-state index contributed by atoms with van der Waals surface area (Å²) in [5.41, 5.74) is 0.619. The minimum Gasteiger partial charge on any atom is -0.497 e. The number of likely N-dealkylation sites (tertiary alicyclic amines) is 1. The predicted octanol–water partition coefficient (Wildman–Crippen LogP) is 2.78. The standard InChI is InChI=1S/C15H20FNO2/c1-11(18)15-5-3-4-8-17(15)10-12-6-7-13(19-2)9-14(12)16/h6-7,9,15H,3-5,8,10H2,1-2H3. The van der Waals surface area contributed by atoms with Gasteiger partial charge in [-0.25, -0.2) is 4.39 Å². The van der Waals surface area contributed by atoms with Gasteiger partial charge in [0.05, 0.1) is 13.2 Å². The Morgan fingerprint density at radius 1 is 1.47 bits per heavy atom. The second-order valence-corrected chi connectivity index (χ2v) is 5.05. The van der Waals surface area contributed by atoms with Gasteiger partial charge >= 0.3 is 0 Å². The highest BCUT2D eigenvalue weighted by Gasteiger charge is 2.26. The summed E-state index contributed by atoms with van der Waals surface area (Å²) >= 11 is 0. The van der Waals surface area contributed by atoms with Gasteiger partial charge in [-0.05, 0) is 32.4 Å². The first-order chi connectivity index (χ1) is 9.11. The maximum Gasteiger partial charge on any atom is 0.146 e. The van der Waals surface area contributed by atoms with Crippen molar-refractivity contribution in [1.82, 2.24) is 4.90 Å². The summed E-state index contributed by atoms with van der Waals surface area (Å²) in [4.78, 5) is 13.7. The molecule has 0 saturated carbocycles. The molecule has 0 aromatic heterocycles. The van der Waals surface area contributed by atoms with Crippen molar-refractivity contribution in [3.63, 3.8) is 0 Å². The normalized spacial score (nSPS) is 20.3.